The Balaban J connectivity index is 1.55. The molecule has 4 rings (SSSR count). The van der Waals surface area contributed by atoms with Crippen molar-refractivity contribution in [2.24, 2.45) is 4.99 Å². The van der Waals surface area contributed by atoms with E-state index in [1.807, 2.05) is 66.4 Å². The van der Waals surface area contributed by atoms with Gasteiger partial charge in [0.1, 0.15) is 6.54 Å². The third kappa shape index (κ3) is 4.23. The van der Waals surface area contributed by atoms with E-state index >= 15 is 0 Å². The normalized spacial score (nSPS) is 22.4. The zero-order valence-electron chi connectivity index (χ0n) is 15.4. The fourth-order valence-corrected chi connectivity index (χ4v) is 7.20. The standard InChI is InChI=1S/C20H21N3O3S2/c1-14-6-5-7-15(10-14)21-19(24)11-23(16-8-3-2-4-9-16)20-22-17-12-28(25,26)13-18(17)27-20/h2-10,17-18H,11-13H2,1H3,(H,21,24)/t17-,18-/m1/s1. The summed E-state index contributed by atoms with van der Waals surface area (Å²) in [5, 5.41) is 3.57. The number of hydrogen-bond acceptors (Lipinski definition) is 6. The van der Waals surface area contributed by atoms with Crippen LogP contribution in [-0.2, 0) is 14.6 Å². The molecule has 0 saturated carbocycles. The van der Waals surface area contributed by atoms with Gasteiger partial charge in [-0.3, -0.25) is 9.79 Å². The summed E-state index contributed by atoms with van der Waals surface area (Å²) in [7, 11) is -3.01. The lowest BCUT2D eigenvalue weighted by atomic mass is 10.2. The molecule has 1 N–H and O–H groups in total. The molecule has 8 heteroatoms. The number of fused-ring (bicyclic) bond motifs is 1. The van der Waals surface area contributed by atoms with Crippen molar-refractivity contribution in [1.29, 1.82) is 0 Å². The highest BCUT2D eigenvalue weighted by molar-refractivity contribution is 8.15. The van der Waals surface area contributed by atoms with Crippen molar-refractivity contribution in [3.8, 4) is 0 Å². The molecule has 28 heavy (non-hydrogen) atoms. The fourth-order valence-electron chi connectivity index (χ4n) is 3.42. The van der Waals surface area contributed by atoms with E-state index in [1.54, 1.807) is 0 Å². The number of anilines is 2. The van der Waals surface area contributed by atoms with Crippen molar-refractivity contribution in [2.75, 3.05) is 28.3 Å². The third-order valence-corrected chi connectivity index (χ3v) is 7.95. The Bertz CT molecular complexity index is 1020. The van der Waals surface area contributed by atoms with Crippen LogP contribution < -0.4 is 10.2 Å². The molecule has 0 bridgehead atoms. The van der Waals surface area contributed by atoms with Crippen molar-refractivity contribution in [3.63, 3.8) is 0 Å². The molecule has 2 aromatic rings. The molecule has 2 atom stereocenters. The molecule has 1 fully saturated rings. The van der Waals surface area contributed by atoms with E-state index in [4.69, 9.17) is 0 Å². The highest BCUT2D eigenvalue weighted by atomic mass is 32.2. The Kier molecular flexibility index (Phi) is 5.16. The lowest BCUT2D eigenvalue weighted by Crippen LogP contribution is -2.36. The third-order valence-electron chi connectivity index (χ3n) is 4.71. The maximum Gasteiger partial charge on any atom is 0.244 e. The first-order chi connectivity index (χ1) is 13.4. The maximum atomic E-state index is 12.7. The Morgan fingerprint density at radius 3 is 2.68 bits per heavy atom. The van der Waals surface area contributed by atoms with Crippen LogP contribution in [0.15, 0.2) is 59.6 Å². The number of amidine groups is 1. The molecular formula is C20H21N3O3S2. The summed E-state index contributed by atoms with van der Waals surface area (Å²) in [5.41, 5.74) is 2.68. The quantitative estimate of drug-likeness (QED) is 0.831. The van der Waals surface area contributed by atoms with Crippen LogP contribution in [0.25, 0.3) is 0 Å². The van der Waals surface area contributed by atoms with Crippen LogP contribution in [0, 0.1) is 6.92 Å². The Labute approximate surface area is 169 Å². The largest absolute Gasteiger partial charge is 0.325 e. The average Bonchev–Trinajstić information content (AvgIpc) is 3.14. The predicted molar refractivity (Wildman–Crippen MR) is 115 cm³/mol. The molecule has 0 spiro atoms. The van der Waals surface area contributed by atoms with Crippen molar-refractivity contribution in [3.05, 3.63) is 60.2 Å². The first kappa shape index (κ1) is 19.0. The second-order valence-corrected chi connectivity index (χ2v) is 10.4. The monoisotopic (exact) mass is 415 g/mol. The molecule has 6 nitrogen and oxygen atoms in total. The van der Waals surface area contributed by atoms with Crippen LogP contribution in [0.1, 0.15) is 5.56 Å². The minimum atomic E-state index is -3.01. The average molecular weight is 416 g/mol. The molecule has 146 valence electrons. The number of benzene rings is 2. The van der Waals surface area contributed by atoms with Gasteiger partial charge in [-0.1, -0.05) is 42.1 Å². The number of thioether (sulfide) groups is 1. The van der Waals surface area contributed by atoms with Gasteiger partial charge in [-0.05, 0) is 36.8 Å². The van der Waals surface area contributed by atoms with Gasteiger partial charge >= 0.3 is 0 Å². The second kappa shape index (κ2) is 7.60. The van der Waals surface area contributed by atoms with Gasteiger partial charge in [0.25, 0.3) is 0 Å². The van der Waals surface area contributed by atoms with E-state index in [-0.39, 0.29) is 35.2 Å². The van der Waals surface area contributed by atoms with Crippen LogP contribution in [0.3, 0.4) is 0 Å². The topological polar surface area (TPSA) is 78.8 Å². The SMILES string of the molecule is Cc1cccc(NC(=O)CN(C2=N[C@@H]3CS(=O)(=O)C[C@H]3S2)c2ccccc2)c1. The van der Waals surface area contributed by atoms with Gasteiger partial charge in [-0.15, -0.1) is 0 Å². The summed E-state index contributed by atoms with van der Waals surface area (Å²) in [4.78, 5) is 19.2. The van der Waals surface area contributed by atoms with Gasteiger partial charge in [-0.25, -0.2) is 8.42 Å². The van der Waals surface area contributed by atoms with Gasteiger partial charge in [-0.2, -0.15) is 0 Å². The molecule has 2 aromatic carbocycles. The Hall–Kier alpha value is -2.32. The molecule has 0 aliphatic carbocycles. The van der Waals surface area contributed by atoms with Crippen LogP contribution in [-0.4, -0.2) is 48.8 Å². The van der Waals surface area contributed by atoms with Crippen molar-refractivity contribution in [2.45, 2.75) is 18.2 Å². The minimum Gasteiger partial charge on any atom is -0.325 e. The number of sulfone groups is 1. The van der Waals surface area contributed by atoms with E-state index in [0.717, 1.165) is 16.9 Å². The maximum absolute atomic E-state index is 12.7. The van der Waals surface area contributed by atoms with Crippen LogP contribution >= 0.6 is 11.8 Å². The summed E-state index contributed by atoms with van der Waals surface area (Å²) in [6.07, 6.45) is 0. The van der Waals surface area contributed by atoms with E-state index < -0.39 is 9.84 Å². The molecule has 1 amide bonds. The van der Waals surface area contributed by atoms with E-state index in [9.17, 15) is 13.2 Å². The summed E-state index contributed by atoms with van der Waals surface area (Å²) in [5.74, 6) is 0.0853. The van der Waals surface area contributed by atoms with Gasteiger partial charge in [0, 0.05) is 16.6 Å². The van der Waals surface area contributed by atoms with Crippen LogP contribution in [0.5, 0.6) is 0 Å². The first-order valence-corrected chi connectivity index (χ1v) is 11.7. The molecular weight excluding hydrogens is 394 g/mol. The number of aliphatic imine (C=N–C) groups is 1. The highest BCUT2D eigenvalue weighted by Gasteiger charge is 2.44. The van der Waals surface area contributed by atoms with Gasteiger partial charge in [0.15, 0.2) is 15.0 Å². The second-order valence-electron chi connectivity index (χ2n) is 7.05. The van der Waals surface area contributed by atoms with Gasteiger partial charge in [0.05, 0.1) is 17.5 Å². The Morgan fingerprint density at radius 1 is 1.18 bits per heavy atom. The molecule has 2 aliphatic heterocycles. The number of para-hydroxylation sites is 1. The van der Waals surface area contributed by atoms with Gasteiger partial charge in [0.2, 0.25) is 5.91 Å². The number of aryl methyl sites for hydroxylation is 1. The molecule has 0 radical (unpaired) electrons. The number of carbonyl (C=O) groups is 1. The molecule has 2 aliphatic rings. The lowest BCUT2D eigenvalue weighted by molar-refractivity contribution is -0.114. The first-order valence-electron chi connectivity index (χ1n) is 9.04. The Morgan fingerprint density at radius 2 is 1.96 bits per heavy atom. The van der Waals surface area contributed by atoms with Crippen molar-refractivity contribution < 1.29 is 13.2 Å². The predicted octanol–water partition coefficient (Wildman–Crippen LogP) is 2.71. The zero-order valence-corrected chi connectivity index (χ0v) is 17.0. The molecule has 0 aromatic heterocycles. The lowest BCUT2D eigenvalue weighted by Gasteiger charge is -2.24. The summed E-state index contributed by atoms with van der Waals surface area (Å²) < 4.78 is 23.7. The fraction of sp³-hybridized carbons (Fsp3) is 0.300. The number of amides is 1. The minimum absolute atomic E-state index is 0.0638. The van der Waals surface area contributed by atoms with Crippen molar-refractivity contribution >= 4 is 44.0 Å². The number of hydrogen-bond donors (Lipinski definition) is 1. The van der Waals surface area contributed by atoms with Crippen LogP contribution in [0.2, 0.25) is 0 Å². The van der Waals surface area contributed by atoms with Crippen molar-refractivity contribution in [1.82, 2.24) is 0 Å². The number of nitrogens with zero attached hydrogens (tertiary/aromatic N) is 2. The number of rotatable bonds is 4. The summed E-state index contributed by atoms with van der Waals surface area (Å²) in [6, 6.07) is 17.0. The molecule has 2 heterocycles. The zero-order chi connectivity index (χ0) is 19.7. The summed E-state index contributed by atoms with van der Waals surface area (Å²) in [6.45, 7) is 2.08. The van der Waals surface area contributed by atoms with Crippen LogP contribution in [0.4, 0.5) is 11.4 Å². The molecule has 0 unspecified atom stereocenters. The number of nitrogens with one attached hydrogen (secondary N) is 1. The highest BCUT2D eigenvalue weighted by Crippen LogP contribution is 2.36. The summed E-state index contributed by atoms with van der Waals surface area (Å²) >= 11 is 1.45. The smallest absolute Gasteiger partial charge is 0.244 e. The number of carbonyl (C=O) groups excluding carboxylic acids is 1. The van der Waals surface area contributed by atoms with E-state index in [2.05, 4.69) is 10.3 Å². The van der Waals surface area contributed by atoms with E-state index in [0.29, 0.717) is 5.17 Å². The van der Waals surface area contributed by atoms with E-state index in [1.165, 1.54) is 11.8 Å². The van der Waals surface area contributed by atoms with Gasteiger partial charge < -0.3 is 10.2 Å². The molecule has 1 saturated heterocycles.